The molecule has 4 nitrogen and oxygen atoms in total. The number of hydrogen-bond donors (Lipinski definition) is 1. The summed E-state index contributed by atoms with van der Waals surface area (Å²) in [6, 6.07) is 9.50. The van der Waals surface area contributed by atoms with Gasteiger partial charge < -0.3 is 9.84 Å². The maximum atomic E-state index is 9.17. The van der Waals surface area contributed by atoms with Gasteiger partial charge in [-0.1, -0.05) is 6.07 Å². The number of rotatable bonds is 3. The van der Waals surface area contributed by atoms with E-state index in [1.54, 1.807) is 13.3 Å². The van der Waals surface area contributed by atoms with E-state index in [0.29, 0.717) is 11.4 Å². The van der Waals surface area contributed by atoms with Gasteiger partial charge in [0.2, 0.25) is 0 Å². The highest BCUT2D eigenvalue weighted by molar-refractivity contribution is 5.86. The number of benzene rings is 1. The van der Waals surface area contributed by atoms with Crippen LogP contribution in [0.25, 0.3) is 10.8 Å². The Balaban J connectivity index is 2.66. The van der Waals surface area contributed by atoms with E-state index >= 15 is 0 Å². The van der Waals surface area contributed by atoms with Crippen molar-refractivity contribution in [2.24, 2.45) is 0 Å². The van der Waals surface area contributed by atoms with E-state index in [9.17, 15) is 5.11 Å². The fourth-order valence-corrected chi connectivity index (χ4v) is 1.76. The topological polar surface area (TPSA) is 66.1 Å². The standard InChI is InChI=1S/C13H12N2O2/c1-17-11-3-2-9-4-5-15-13(12(9)6-11)10(7-14)8-16/h2-6,10,16H,8H2,1H3. The SMILES string of the molecule is COc1ccc2ccnc(C(C#N)CO)c2c1. The Hall–Kier alpha value is -2.12. The number of methoxy groups -OCH3 is 1. The summed E-state index contributed by atoms with van der Waals surface area (Å²) in [7, 11) is 1.59. The molecular weight excluding hydrogens is 216 g/mol. The third kappa shape index (κ3) is 2.05. The molecule has 2 rings (SSSR count). The van der Waals surface area contributed by atoms with Crippen LogP contribution in [0.15, 0.2) is 30.5 Å². The molecule has 1 atom stereocenters. The largest absolute Gasteiger partial charge is 0.497 e. The first-order valence-electron chi connectivity index (χ1n) is 5.23. The fraction of sp³-hybridized carbons (Fsp3) is 0.231. The number of hydrogen-bond acceptors (Lipinski definition) is 4. The Kier molecular flexibility index (Phi) is 3.22. The molecule has 0 radical (unpaired) electrons. The lowest BCUT2D eigenvalue weighted by Gasteiger charge is -2.09. The highest BCUT2D eigenvalue weighted by Crippen LogP contribution is 2.26. The number of nitrogens with zero attached hydrogens (tertiary/aromatic N) is 2. The molecule has 86 valence electrons. The van der Waals surface area contributed by atoms with Gasteiger partial charge in [0, 0.05) is 11.6 Å². The van der Waals surface area contributed by atoms with Crippen LogP contribution in [0.4, 0.5) is 0 Å². The molecule has 0 saturated carbocycles. The van der Waals surface area contributed by atoms with Crippen molar-refractivity contribution in [2.75, 3.05) is 13.7 Å². The van der Waals surface area contributed by atoms with Crippen LogP contribution >= 0.6 is 0 Å². The summed E-state index contributed by atoms with van der Waals surface area (Å²) >= 11 is 0. The number of pyridine rings is 1. The van der Waals surface area contributed by atoms with Crippen molar-refractivity contribution < 1.29 is 9.84 Å². The van der Waals surface area contributed by atoms with Crippen molar-refractivity contribution in [1.29, 1.82) is 5.26 Å². The maximum Gasteiger partial charge on any atom is 0.119 e. The predicted molar refractivity (Wildman–Crippen MR) is 63.7 cm³/mol. The average molecular weight is 228 g/mol. The Bertz CT molecular complexity index is 575. The molecule has 0 amide bonds. The van der Waals surface area contributed by atoms with Crippen LogP contribution in [0.1, 0.15) is 11.6 Å². The third-order valence-electron chi connectivity index (χ3n) is 2.67. The second-order valence-electron chi connectivity index (χ2n) is 3.65. The Morgan fingerprint density at radius 3 is 2.94 bits per heavy atom. The molecule has 0 aliphatic rings. The molecule has 4 heteroatoms. The summed E-state index contributed by atoms with van der Waals surface area (Å²) in [4.78, 5) is 4.19. The summed E-state index contributed by atoms with van der Waals surface area (Å²) in [5.41, 5.74) is 0.589. The van der Waals surface area contributed by atoms with Crippen molar-refractivity contribution in [3.63, 3.8) is 0 Å². The zero-order chi connectivity index (χ0) is 12.3. The first-order chi connectivity index (χ1) is 8.30. The number of nitriles is 1. The van der Waals surface area contributed by atoms with Crippen LogP contribution in [-0.4, -0.2) is 23.8 Å². The highest BCUT2D eigenvalue weighted by atomic mass is 16.5. The molecule has 1 N–H and O–H groups in total. The smallest absolute Gasteiger partial charge is 0.119 e. The van der Waals surface area contributed by atoms with Gasteiger partial charge in [-0.15, -0.1) is 0 Å². The molecule has 0 spiro atoms. The summed E-state index contributed by atoms with van der Waals surface area (Å²) in [5, 5.41) is 20.0. The number of aliphatic hydroxyl groups is 1. The molecule has 1 heterocycles. The summed E-state index contributed by atoms with van der Waals surface area (Å²) in [6.07, 6.45) is 1.64. The van der Waals surface area contributed by atoms with E-state index < -0.39 is 5.92 Å². The van der Waals surface area contributed by atoms with Crippen molar-refractivity contribution in [1.82, 2.24) is 4.98 Å². The van der Waals surface area contributed by atoms with Gasteiger partial charge >= 0.3 is 0 Å². The maximum absolute atomic E-state index is 9.17. The number of fused-ring (bicyclic) bond motifs is 1. The monoisotopic (exact) mass is 228 g/mol. The quantitative estimate of drug-likeness (QED) is 0.870. The van der Waals surface area contributed by atoms with Crippen molar-refractivity contribution in [3.05, 3.63) is 36.2 Å². The average Bonchev–Trinajstić information content (AvgIpc) is 2.40. The molecule has 1 aromatic heterocycles. The number of aromatic nitrogens is 1. The zero-order valence-electron chi connectivity index (χ0n) is 9.42. The molecule has 0 aliphatic heterocycles. The van der Waals surface area contributed by atoms with Gasteiger partial charge in [-0.3, -0.25) is 4.98 Å². The summed E-state index contributed by atoms with van der Waals surface area (Å²) in [6.45, 7) is -0.236. The minimum Gasteiger partial charge on any atom is -0.497 e. The zero-order valence-corrected chi connectivity index (χ0v) is 9.42. The van der Waals surface area contributed by atoms with Crippen molar-refractivity contribution >= 4 is 10.8 Å². The predicted octanol–water partition coefficient (Wildman–Crippen LogP) is 1.84. The molecule has 0 aliphatic carbocycles. The molecule has 2 aromatic rings. The Labute approximate surface area is 99.1 Å². The van der Waals surface area contributed by atoms with Gasteiger partial charge in [0.05, 0.1) is 25.5 Å². The van der Waals surface area contributed by atoms with Crippen molar-refractivity contribution in [3.8, 4) is 11.8 Å². The van der Waals surface area contributed by atoms with E-state index in [2.05, 4.69) is 4.98 Å². The summed E-state index contributed by atoms with van der Waals surface area (Å²) < 4.78 is 5.15. The van der Waals surface area contributed by atoms with Gasteiger partial charge in [-0.05, 0) is 23.6 Å². The summed E-state index contributed by atoms with van der Waals surface area (Å²) in [5.74, 6) is 0.104. The molecule has 0 bridgehead atoms. The van der Waals surface area contributed by atoms with E-state index in [1.807, 2.05) is 30.3 Å². The first-order valence-corrected chi connectivity index (χ1v) is 5.23. The minimum atomic E-state index is -0.606. The number of aliphatic hydroxyl groups excluding tert-OH is 1. The Morgan fingerprint density at radius 2 is 2.29 bits per heavy atom. The van der Waals surface area contributed by atoms with Gasteiger partial charge in [0.25, 0.3) is 0 Å². The van der Waals surface area contributed by atoms with E-state index in [1.165, 1.54) is 0 Å². The lowest BCUT2D eigenvalue weighted by Crippen LogP contribution is -2.04. The number of ether oxygens (including phenoxy) is 1. The second kappa shape index (κ2) is 4.81. The molecule has 0 fully saturated rings. The van der Waals surface area contributed by atoms with E-state index in [-0.39, 0.29) is 6.61 Å². The van der Waals surface area contributed by atoms with Crippen LogP contribution in [-0.2, 0) is 0 Å². The fourth-order valence-electron chi connectivity index (χ4n) is 1.76. The van der Waals surface area contributed by atoms with Gasteiger partial charge in [-0.25, -0.2) is 0 Å². The van der Waals surface area contributed by atoms with E-state index in [0.717, 1.165) is 10.8 Å². The molecule has 0 saturated heterocycles. The normalized spacial score (nSPS) is 12.1. The molecule has 17 heavy (non-hydrogen) atoms. The third-order valence-corrected chi connectivity index (χ3v) is 2.67. The lowest BCUT2D eigenvalue weighted by molar-refractivity contribution is 0.284. The minimum absolute atomic E-state index is 0.236. The van der Waals surface area contributed by atoms with Gasteiger partial charge in [-0.2, -0.15) is 5.26 Å². The van der Waals surface area contributed by atoms with Crippen molar-refractivity contribution in [2.45, 2.75) is 5.92 Å². The Morgan fingerprint density at radius 1 is 1.47 bits per heavy atom. The highest BCUT2D eigenvalue weighted by Gasteiger charge is 2.14. The first kappa shape index (κ1) is 11.4. The molecule has 1 aromatic carbocycles. The van der Waals surface area contributed by atoms with Gasteiger partial charge in [0.1, 0.15) is 11.7 Å². The lowest BCUT2D eigenvalue weighted by atomic mass is 10.0. The van der Waals surface area contributed by atoms with Crippen LogP contribution in [0.5, 0.6) is 5.75 Å². The van der Waals surface area contributed by atoms with Crippen LogP contribution in [0.3, 0.4) is 0 Å². The molecule has 1 unspecified atom stereocenters. The van der Waals surface area contributed by atoms with Gasteiger partial charge in [0.15, 0.2) is 0 Å². The van der Waals surface area contributed by atoms with Crippen LogP contribution in [0, 0.1) is 11.3 Å². The van der Waals surface area contributed by atoms with Crippen LogP contribution in [0.2, 0.25) is 0 Å². The molecular formula is C13H12N2O2. The van der Waals surface area contributed by atoms with E-state index in [4.69, 9.17) is 10.00 Å². The van der Waals surface area contributed by atoms with Crippen LogP contribution < -0.4 is 4.74 Å². The second-order valence-corrected chi connectivity index (χ2v) is 3.65.